The average molecular weight is 499 g/mol. The third kappa shape index (κ3) is 4.30. The van der Waals surface area contributed by atoms with Crippen LogP contribution in [0.4, 0.5) is 14.5 Å². The van der Waals surface area contributed by atoms with Gasteiger partial charge in [-0.2, -0.15) is 0 Å². The lowest BCUT2D eigenvalue weighted by Crippen LogP contribution is -2.49. The van der Waals surface area contributed by atoms with Crippen molar-refractivity contribution in [2.24, 2.45) is 0 Å². The van der Waals surface area contributed by atoms with Gasteiger partial charge in [0.05, 0.1) is 22.6 Å². The Hall–Kier alpha value is -3.24. The van der Waals surface area contributed by atoms with Crippen LogP contribution < -0.4 is 10.5 Å². The van der Waals surface area contributed by atoms with Gasteiger partial charge in [-0.1, -0.05) is 36.0 Å². The van der Waals surface area contributed by atoms with Crippen LogP contribution in [0.1, 0.15) is 0 Å². The molecule has 3 heterocycles. The number of amides is 1. The Morgan fingerprint density at radius 3 is 2.26 bits per heavy atom. The second-order valence-corrected chi connectivity index (χ2v) is 9.59. The van der Waals surface area contributed by atoms with Crippen LogP contribution in [-0.2, 0) is 4.79 Å². The molecule has 0 saturated carbocycles. The quantitative estimate of drug-likeness (QED) is 0.305. The predicted molar refractivity (Wildman–Crippen MR) is 131 cm³/mol. The van der Waals surface area contributed by atoms with Crippen LogP contribution in [0.2, 0.25) is 0 Å². The van der Waals surface area contributed by atoms with Crippen LogP contribution in [0.15, 0.2) is 69.9 Å². The first-order valence-corrected chi connectivity index (χ1v) is 12.5. The summed E-state index contributed by atoms with van der Waals surface area (Å²) >= 11 is 2.36. The molecule has 5 rings (SSSR count). The van der Waals surface area contributed by atoms with Gasteiger partial charge in [-0.05, 0) is 35.7 Å². The molecular formula is C24H20F2N4O2S2. The van der Waals surface area contributed by atoms with Crippen molar-refractivity contribution in [3.05, 3.63) is 82.0 Å². The number of thioether (sulfide) groups is 1. The SMILES string of the molecule is O=C(CSc1nc2ccsc2c(=O)n1-c1ccccc1F)N1CCN(c2ccccc2F)CC1. The molecule has 1 amide bonds. The van der Waals surface area contributed by atoms with Gasteiger partial charge in [0.1, 0.15) is 16.3 Å². The van der Waals surface area contributed by atoms with Crippen molar-refractivity contribution in [2.75, 3.05) is 36.8 Å². The fraction of sp³-hybridized carbons (Fsp3) is 0.208. The number of para-hydroxylation sites is 2. The molecule has 0 unspecified atom stereocenters. The maximum absolute atomic E-state index is 14.6. The molecule has 174 valence electrons. The first-order chi connectivity index (χ1) is 16.5. The highest BCUT2D eigenvalue weighted by atomic mass is 32.2. The molecule has 0 N–H and O–H groups in total. The number of piperazine rings is 1. The van der Waals surface area contributed by atoms with Crippen molar-refractivity contribution in [2.45, 2.75) is 5.16 Å². The summed E-state index contributed by atoms with van der Waals surface area (Å²) in [4.78, 5) is 34.2. The van der Waals surface area contributed by atoms with Gasteiger partial charge in [-0.3, -0.25) is 14.2 Å². The van der Waals surface area contributed by atoms with Crippen LogP contribution >= 0.6 is 23.1 Å². The van der Waals surface area contributed by atoms with Gasteiger partial charge < -0.3 is 9.80 Å². The van der Waals surface area contributed by atoms with Crippen molar-refractivity contribution >= 4 is 44.9 Å². The monoisotopic (exact) mass is 498 g/mol. The molecule has 34 heavy (non-hydrogen) atoms. The topological polar surface area (TPSA) is 58.4 Å². The minimum absolute atomic E-state index is 0.0518. The van der Waals surface area contributed by atoms with Gasteiger partial charge in [0.25, 0.3) is 5.56 Å². The predicted octanol–water partition coefficient (Wildman–Crippen LogP) is 4.17. The highest BCUT2D eigenvalue weighted by Gasteiger charge is 2.24. The lowest BCUT2D eigenvalue weighted by Gasteiger charge is -2.36. The number of nitrogens with zero attached hydrogens (tertiary/aromatic N) is 4. The van der Waals surface area contributed by atoms with E-state index in [-0.39, 0.29) is 33.9 Å². The van der Waals surface area contributed by atoms with Crippen molar-refractivity contribution in [3.63, 3.8) is 0 Å². The Morgan fingerprint density at radius 1 is 0.941 bits per heavy atom. The third-order valence-electron chi connectivity index (χ3n) is 5.69. The number of thiophene rings is 1. The molecule has 0 bridgehead atoms. The van der Waals surface area contributed by atoms with Gasteiger partial charge in [-0.25, -0.2) is 13.8 Å². The number of hydrogen-bond acceptors (Lipinski definition) is 6. The Bertz CT molecular complexity index is 1410. The van der Waals surface area contributed by atoms with E-state index in [1.54, 1.807) is 46.7 Å². The molecule has 0 radical (unpaired) electrons. The highest BCUT2D eigenvalue weighted by Crippen LogP contribution is 2.26. The summed E-state index contributed by atoms with van der Waals surface area (Å²) in [5.41, 5.74) is 0.796. The van der Waals surface area contributed by atoms with E-state index in [4.69, 9.17) is 0 Å². The van der Waals surface area contributed by atoms with E-state index >= 15 is 0 Å². The number of carbonyl (C=O) groups is 1. The Labute approximate surface area is 202 Å². The van der Waals surface area contributed by atoms with Crippen LogP contribution in [-0.4, -0.2) is 52.3 Å². The van der Waals surface area contributed by atoms with Crippen LogP contribution in [0.5, 0.6) is 0 Å². The van der Waals surface area contributed by atoms with E-state index in [0.717, 1.165) is 11.8 Å². The highest BCUT2D eigenvalue weighted by molar-refractivity contribution is 7.99. The first kappa shape index (κ1) is 22.5. The number of fused-ring (bicyclic) bond motifs is 1. The molecule has 6 nitrogen and oxygen atoms in total. The fourth-order valence-corrected chi connectivity index (χ4v) is 5.62. The standard InChI is InChI=1S/C24H20F2N4O2S2/c25-16-5-1-3-7-19(16)28-10-12-29(13-11-28)21(31)15-34-24-27-18-9-14-33-22(18)23(32)30(24)20-8-4-2-6-17(20)26/h1-9,14H,10-13,15H2. The van der Waals surface area contributed by atoms with Crippen LogP contribution in [0.25, 0.3) is 15.9 Å². The number of hydrogen-bond donors (Lipinski definition) is 0. The van der Waals surface area contributed by atoms with Crippen molar-refractivity contribution in [1.29, 1.82) is 0 Å². The normalized spacial score (nSPS) is 14.1. The Balaban J connectivity index is 1.33. The maximum atomic E-state index is 14.6. The number of halogens is 2. The molecule has 4 aromatic rings. The zero-order valence-corrected chi connectivity index (χ0v) is 19.6. The van der Waals surface area contributed by atoms with E-state index in [1.807, 2.05) is 4.90 Å². The van der Waals surface area contributed by atoms with Crippen LogP contribution in [0, 0.1) is 11.6 Å². The lowest BCUT2D eigenvalue weighted by atomic mass is 10.2. The minimum atomic E-state index is -0.542. The third-order valence-corrected chi connectivity index (χ3v) is 7.51. The molecule has 2 aromatic heterocycles. The molecule has 1 fully saturated rings. The Morgan fingerprint density at radius 2 is 1.59 bits per heavy atom. The minimum Gasteiger partial charge on any atom is -0.366 e. The van der Waals surface area contributed by atoms with E-state index in [0.29, 0.717) is 42.1 Å². The number of aromatic nitrogens is 2. The summed E-state index contributed by atoms with van der Waals surface area (Å²) in [6.45, 7) is 1.97. The van der Waals surface area contributed by atoms with Crippen molar-refractivity contribution in [3.8, 4) is 5.69 Å². The summed E-state index contributed by atoms with van der Waals surface area (Å²) in [5.74, 6) is -0.882. The summed E-state index contributed by atoms with van der Waals surface area (Å²) < 4.78 is 30.3. The second-order valence-electron chi connectivity index (χ2n) is 7.73. The van der Waals surface area contributed by atoms with E-state index in [2.05, 4.69) is 4.98 Å². The molecule has 0 spiro atoms. The van der Waals surface area contributed by atoms with E-state index in [1.165, 1.54) is 34.1 Å². The second kappa shape index (κ2) is 9.55. The van der Waals surface area contributed by atoms with Crippen LogP contribution in [0.3, 0.4) is 0 Å². The van der Waals surface area contributed by atoms with E-state index < -0.39 is 5.82 Å². The number of carbonyl (C=O) groups excluding carboxylic acids is 1. The zero-order chi connectivity index (χ0) is 23.7. The van der Waals surface area contributed by atoms with Gasteiger partial charge in [0.15, 0.2) is 5.16 Å². The molecule has 10 heteroatoms. The average Bonchev–Trinajstić information content (AvgIpc) is 3.33. The lowest BCUT2D eigenvalue weighted by molar-refractivity contribution is -0.128. The Kier molecular flexibility index (Phi) is 6.34. The number of anilines is 1. The van der Waals surface area contributed by atoms with Gasteiger partial charge in [0.2, 0.25) is 5.91 Å². The molecular weight excluding hydrogens is 478 g/mol. The van der Waals surface area contributed by atoms with Crippen molar-refractivity contribution < 1.29 is 13.6 Å². The molecule has 2 aromatic carbocycles. The number of benzene rings is 2. The summed E-state index contributed by atoms with van der Waals surface area (Å²) in [7, 11) is 0. The first-order valence-electron chi connectivity index (χ1n) is 10.7. The fourth-order valence-electron chi connectivity index (χ4n) is 3.96. The van der Waals surface area contributed by atoms with Gasteiger partial charge >= 0.3 is 0 Å². The van der Waals surface area contributed by atoms with Crippen molar-refractivity contribution in [1.82, 2.24) is 14.5 Å². The summed E-state index contributed by atoms with van der Waals surface area (Å²) in [5, 5.41) is 2.03. The molecule has 1 aliphatic heterocycles. The van der Waals surface area contributed by atoms with E-state index in [9.17, 15) is 18.4 Å². The summed E-state index contributed by atoms with van der Waals surface area (Å²) in [6.07, 6.45) is 0. The molecule has 1 saturated heterocycles. The van der Waals surface area contributed by atoms with Gasteiger partial charge in [-0.15, -0.1) is 11.3 Å². The zero-order valence-electron chi connectivity index (χ0n) is 18.0. The number of rotatable bonds is 5. The molecule has 0 atom stereocenters. The smallest absolute Gasteiger partial charge is 0.276 e. The molecule has 1 aliphatic rings. The van der Waals surface area contributed by atoms with Gasteiger partial charge in [0, 0.05) is 26.2 Å². The largest absolute Gasteiger partial charge is 0.366 e. The molecule has 0 aliphatic carbocycles. The maximum Gasteiger partial charge on any atom is 0.276 e. The summed E-state index contributed by atoms with van der Waals surface area (Å²) in [6, 6.07) is 14.3.